The molecule has 1 aliphatic carbocycles. The number of anilines is 1. The number of rotatable bonds is 5. The molecule has 5 nitrogen and oxygen atoms in total. The maximum atomic E-state index is 12.1. The van der Waals surface area contributed by atoms with Crippen molar-refractivity contribution in [2.45, 2.75) is 18.9 Å². The molecule has 112 valence electrons. The molecule has 1 fully saturated rings. The van der Waals surface area contributed by atoms with Gasteiger partial charge in [-0.05, 0) is 43.2 Å². The van der Waals surface area contributed by atoms with Crippen molar-refractivity contribution in [1.29, 1.82) is 0 Å². The zero-order valence-corrected chi connectivity index (χ0v) is 11.9. The molecule has 0 bridgehead atoms. The lowest BCUT2D eigenvalue weighted by molar-refractivity contribution is -0.111. The predicted molar refractivity (Wildman–Crippen MR) is 83.3 cm³/mol. The van der Waals surface area contributed by atoms with Gasteiger partial charge >= 0.3 is 0 Å². The Bertz CT molecular complexity index is 700. The van der Waals surface area contributed by atoms with Gasteiger partial charge in [-0.2, -0.15) is 0 Å². The smallest absolute Gasteiger partial charge is 0.253 e. The van der Waals surface area contributed by atoms with E-state index in [1.807, 2.05) is 0 Å². The van der Waals surface area contributed by atoms with Gasteiger partial charge < -0.3 is 15.1 Å². The van der Waals surface area contributed by atoms with Crippen LogP contribution in [0.2, 0.25) is 0 Å². The number of amides is 2. The number of carbonyl (C=O) groups is 2. The van der Waals surface area contributed by atoms with Crippen LogP contribution in [0.5, 0.6) is 0 Å². The SMILES string of the molecule is O=C(/C=C/c1ccco1)Nc1ccccc1C(=O)NC1CC1. The van der Waals surface area contributed by atoms with E-state index >= 15 is 0 Å². The summed E-state index contributed by atoms with van der Waals surface area (Å²) in [6, 6.07) is 10.7. The number of para-hydroxylation sites is 1. The second-order valence-corrected chi connectivity index (χ2v) is 5.13. The Balaban J connectivity index is 1.68. The number of hydrogen-bond donors (Lipinski definition) is 2. The average Bonchev–Trinajstić information content (AvgIpc) is 3.17. The van der Waals surface area contributed by atoms with Gasteiger partial charge in [-0.25, -0.2) is 0 Å². The van der Waals surface area contributed by atoms with Crippen LogP contribution in [0, 0.1) is 0 Å². The summed E-state index contributed by atoms with van der Waals surface area (Å²) in [5.74, 6) is 0.117. The number of nitrogens with one attached hydrogen (secondary N) is 2. The molecular weight excluding hydrogens is 280 g/mol. The second-order valence-electron chi connectivity index (χ2n) is 5.13. The minimum Gasteiger partial charge on any atom is -0.465 e. The third kappa shape index (κ3) is 3.63. The standard InChI is InChI=1S/C17H16N2O3/c20-16(10-9-13-4-3-11-22-13)19-15-6-2-1-5-14(15)17(21)18-12-7-8-12/h1-6,9-12H,7-8H2,(H,18,21)(H,19,20)/b10-9+. The molecule has 1 aromatic heterocycles. The molecule has 5 heteroatoms. The van der Waals surface area contributed by atoms with Crippen molar-refractivity contribution < 1.29 is 14.0 Å². The fourth-order valence-corrected chi connectivity index (χ4v) is 2.00. The summed E-state index contributed by atoms with van der Waals surface area (Å²) in [5.41, 5.74) is 0.962. The highest BCUT2D eigenvalue weighted by Crippen LogP contribution is 2.21. The van der Waals surface area contributed by atoms with Crippen molar-refractivity contribution >= 4 is 23.6 Å². The van der Waals surface area contributed by atoms with E-state index in [9.17, 15) is 9.59 Å². The first-order valence-corrected chi connectivity index (χ1v) is 7.15. The van der Waals surface area contributed by atoms with Crippen LogP contribution in [-0.2, 0) is 4.79 Å². The third-order valence-corrected chi connectivity index (χ3v) is 3.28. The highest BCUT2D eigenvalue weighted by atomic mass is 16.3. The molecule has 0 aliphatic heterocycles. The van der Waals surface area contributed by atoms with Gasteiger partial charge in [0.25, 0.3) is 5.91 Å². The maximum Gasteiger partial charge on any atom is 0.253 e. The van der Waals surface area contributed by atoms with E-state index in [-0.39, 0.29) is 17.9 Å². The summed E-state index contributed by atoms with van der Waals surface area (Å²) < 4.78 is 5.12. The molecule has 0 saturated heterocycles. The van der Waals surface area contributed by atoms with E-state index in [0.29, 0.717) is 17.0 Å². The minimum absolute atomic E-state index is 0.159. The second kappa shape index (κ2) is 6.30. The van der Waals surface area contributed by atoms with Crippen LogP contribution in [0.1, 0.15) is 29.0 Å². The van der Waals surface area contributed by atoms with Gasteiger partial charge in [0.1, 0.15) is 5.76 Å². The highest BCUT2D eigenvalue weighted by Gasteiger charge is 2.24. The van der Waals surface area contributed by atoms with Crippen LogP contribution in [0.4, 0.5) is 5.69 Å². The third-order valence-electron chi connectivity index (χ3n) is 3.28. The van der Waals surface area contributed by atoms with Gasteiger partial charge in [0.05, 0.1) is 17.5 Å². The Kier molecular flexibility index (Phi) is 4.05. The van der Waals surface area contributed by atoms with E-state index in [0.717, 1.165) is 12.8 Å². The van der Waals surface area contributed by atoms with Crippen molar-refractivity contribution in [1.82, 2.24) is 5.32 Å². The Morgan fingerprint density at radius 2 is 1.95 bits per heavy atom. The molecule has 2 aromatic rings. The summed E-state index contributed by atoms with van der Waals surface area (Å²) in [5, 5.41) is 5.63. The minimum atomic E-state index is -0.317. The van der Waals surface area contributed by atoms with E-state index in [4.69, 9.17) is 4.42 Å². The first-order valence-electron chi connectivity index (χ1n) is 7.15. The maximum absolute atomic E-state index is 12.1. The Morgan fingerprint density at radius 1 is 1.14 bits per heavy atom. The summed E-state index contributed by atoms with van der Waals surface area (Å²) in [4.78, 5) is 24.1. The number of furan rings is 1. The molecule has 1 aromatic carbocycles. The molecule has 1 aliphatic rings. The van der Waals surface area contributed by atoms with Gasteiger partial charge in [0.2, 0.25) is 5.91 Å². The van der Waals surface area contributed by atoms with E-state index in [1.54, 1.807) is 42.5 Å². The molecule has 3 rings (SSSR count). The van der Waals surface area contributed by atoms with E-state index in [2.05, 4.69) is 10.6 Å². The number of carbonyl (C=O) groups excluding carboxylic acids is 2. The Morgan fingerprint density at radius 3 is 2.68 bits per heavy atom. The quantitative estimate of drug-likeness (QED) is 0.833. The Labute approximate surface area is 128 Å². The molecule has 1 saturated carbocycles. The normalized spacial score (nSPS) is 14.0. The van der Waals surface area contributed by atoms with Crippen molar-refractivity contribution in [3.8, 4) is 0 Å². The monoisotopic (exact) mass is 296 g/mol. The van der Waals surface area contributed by atoms with Crippen molar-refractivity contribution in [2.75, 3.05) is 5.32 Å². The fraction of sp³-hybridized carbons (Fsp3) is 0.176. The van der Waals surface area contributed by atoms with Gasteiger partial charge in [-0.15, -0.1) is 0 Å². The molecule has 0 spiro atoms. The largest absolute Gasteiger partial charge is 0.465 e. The molecule has 0 radical (unpaired) electrons. The molecule has 22 heavy (non-hydrogen) atoms. The van der Waals surface area contributed by atoms with Crippen LogP contribution in [0.25, 0.3) is 6.08 Å². The van der Waals surface area contributed by atoms with Crippen LogP contribution < -0.4 is 10.6 Å². The topological polar surface area (TPSA) is 71.3 Å². The van der Waals surface area contributed by atoms with E-state index in [1.165, 1.54) is 12.3 Å². The first-order chi connectivity index (χ1) is 10.7. The van der Waals surface area contributed by atoms with Gasteiger partial charge in [-0.3, -0.25) is 9.59 Å². The van der Waals surface area contributed by atoms with Crippen LogP contribution in [-0.4, -0.2) is 17.9 Å². The lowest BCUT2D eigenvalue weighted by atomic mass is 10.1. The van der Waals surface area contributed by atoms with Crippen molar-refractivity contribution in [2.24, 2.45) is 0 Å². The zero-order chi connectivity index (χ0) is 15.4. The van der Waals surface area contributed by atoms with Crippen LogP contribution >= 0.6 is 0 Å². The first kappa shape index (κ1) is 14.1. The highest BCUT2D eigenvalue weighted by molar-refractivity contribution is 6.07. The predicted octanol–water partition coefficient (Wildman–Crippen LogP) is 2.82. The Hall–Kier alpha value is -2.82. The van der Waals surface area contributed by atoms with Gasteiger partial charge in [0, 0.05) is 12.1 Å². The average molecular weight is 296 g/mol. The fourth-order valence-electron chi connectivity index (χ4n) is 2.00. The molecule has 0 unspecified atom stereocenters. The number of hydrogen-bond acceptors (Lipinski definition) is 3. The lowest BCUT2D eigenvalue weighted by Crippen LogP contribution is -2.26. The summed E-state index contributed by atoms with van der Waals surface area (Å²) in [6.07, 6.45) is 6.52. The number of benzene rings is 1. The summed E-state index contributed by atoms with van der Waals surface area (Å²) >= 11 is 0. The molecule has 2 N–H and O–H groups in total. The van der Waals surface area contributed by atoms with Crippen molar-refractivity contribution in [3.63, 3.8) is 0 Å². The molecule has 2 amide bonds. The molecular formula is C17H16N2O3. The molecule has 1 heterocycles. The molecule has 0 atom stereocenters. The van der Waals surface area contributed by atoms with Crippen LogP contribution in [0.15, 0.2) is 53.2 Å². The summed E-state index contributed by atoms with van der Waals surface area (Å²) in [7, 11) is 0. The lowest BCUT2D eigenvalue weighted by Gasteiger charge is -2.09. The van der Waals surface area contributed by atoms with E-state index < -0.39 is 0 Å². The van der Waals surface area contributed by atoms with Crippen LogP contribution in [0.3, 0.4) is 0 Å². The zero-order valence-electron chi connectivity index (χ0n) is 11.9. The van der Waals surface area contributed by atoms with Crippen molar-refractivity contribution in [3.05, 3.63) is 60.1 Å². The summed E-state index contributed by atoms with van der Waals surface area (Å²) in [6.45, 7) is 0. The van der Waals surface area contributed by atoms with Gasteiger partial charge in [0.15, 0.2) is 0 Å². The van der Waals surface area contributed by atoms with Gasteiger partial charge in [-0.1, -0.05) is 12.1 Å².